The van der Waals surface area contributed by atoms with Gasteiger partial charge in [0.2, 0.25) is 0 Å². The van der Waals surface area contributed by atoms with Gasteiger partial charge >= 0.3 is 0 Å². The molecular weight excluding hydrogens is 375 g/mol. The lowest BCUT2D eigenvalue weighted by Gasteiger charge is -2.11. The van der Waals surface area contributed by atoms with Crippen LogP contribution in [-0.4, -0.2) is 23.2 Å². The molecule has 0 aliphatic heterocycles. The summed E-state index contributed by atoms with van der Waals surface area (Å²) in [5, 5.41) is 14.8. The zero-order valence-electron chi connectivity index (χ0n) is 13.7. The number of nitrogens with zero attached hydrogens (tertiary/aromatic N) is 2. The zero-order chi connectivity index (χ0) is 18.5. The van der Waals surface area contributed by atoms with Crippen molar-refractivity contribution in [2.24, 2.45) is 0 Å². The minimum Gasteiger partial charge on any atom is -0.495 e. The summed E-state index contributed by atoms with van der Waals surface area (Å²) in [6.07, 6.45) is 0. The van der Waals surface area contributed by atoms with E-state index in [-0.39, 0.29) is 5.91 Å². The van der Waals surface area contributed by atoms with Crippen LogP contribution in [0, 0.1) is 0 Å². The Labute approximate surface area is 160 Å². The minimum atomic E-state index is -0.320. The average Bonchev–Trinajstić information content (AvgIpc) is 2.63. The molecule has 6 nitrogen and oxygen atoms in total. The van der Waals surface area contributed by atoms with Gasteiger partial charge in [-0.2, -0.15) is 0 Å². The monoisotopic (exact) mass is 388 g/mol. The molecule has 2 N–H and O–H groups in total. The Hall–Kier alpha value is -2.83. The van der Waals surface area contributed by atoms with E-state index in [2.05, 4.69) is 20.8 Å². The largest absolute Gasteiger partial charge is 0.495 e. The number of methoxy groups -OCH3 is 1. The number of rotatable bonds is 5. The fraction of sp³-hybridized carbons (Fsp3) is 0.0556. The number of aromatic nitrogens is 2. The maximum atomic E-state index is 12.2. The highest BCUT2D eigenvalue weighted by Crippen LogP contribution is 2.29. The van der Waals surface area contributed by atoms with Crippen molar-refractivity contribution in [3.8, 4) is 5.75 Å². The number of anilines is 3. The molecule has 8 heteroatoms. The second kappa shape index (κ2) is 8.03. The average molecular weight is 389 g/mol. The molecule has 132 valence electrons. The number of amides is 1. The van der Waals surface area contributed by atoms with E-state index in [0.29, 0.717) is 38.7 Å². The van der Waals surface area contributed by atoms with E-state index in [1.165, 1.54) is 0 Å². The Bertz CT molecular complexity index is 933. The molecule has 0 spiro atoms. The predicted octanol–water partition coefficient (Wildman–Crippen LogP) is 4.79. The topological polar surface area (TPSA) is 76.1 Å². The fourth-order valence-electron chi connectivity index (χ4n) is 2.20. The Balaban J connectivity index is 1.71. The van der Waals surface area contributed by atoms with Crippen molar-refractivity contribution in [1.82, 2.24) is 10.2 Å². The summed E-state index contributed by atoms with van der Waals surface area (Å²) < 4.78 is 5.27. The standard InChI is InChI=1S/C18H14Cl2N4O2/c1-26-15-6-5-13(20)10-14(15)21-16-7-8-17(24-23-16)22-18(25)11-3-2-4-12(19)9-11/h2-10H,1H3,(H,21,23)(H,22,24,25). The number of hydrogen-bond acceptors (Lipinski definition) is 5. The van der Waals surface area contributed by atoms with Crippen molar-refractivity contribution in [3.05, 3.63) is 70.2 Å². The van der Waals surface area contributed by atoms with Crippen LogP contribution in [0.25, 0.3) is 0 Å². The van der Waals surface area contributed by atoms with Gasteiger partial charge in [-0.3, -0.25) is 4.79 Å². The normalized spacial score (nSPS) is 10.3. The van der Waals surface area contributed by atoms with E-state index in [4.69, 9.17) is 27.9 Å². The van der Waals surface area contributed by atoms with Gasteiger partial charge in [0.1, 0.15) is 5.75 Å². The molecule has 0 aliphatic rings. The molecule has 0 unspecified atom stereocenters. The fourth-order valence-corrected chi connectivity index (χ4v) is 2.56. The molecule has 1 amide bonds. The summed E-state index contributed by atoms with van der Waals surface area (Å²) in [4.78, 5) is 12.2. The molecule has 0 saturated carbocycles. The van der Waals surface area contributed by atoms with Crippen molar-refractivity contribution in [3.63, 3.8) is 0 Å². The third-order valence-electron chi connectivity index (χ3n) is 3.42. The van der Waals surface area contributed by atoms with Crippen molar-refractivity contribution in [1.29, 1.82) is 0 Å². The lowest BCUT2D eigenvalue weighted by atomic mass is 10.2. The first-order chi connectivity index (χ1) is 12.5. The predicted molar refractivity (Wildman–Crippen MR) is 103 cm³/mol. The molecule has 0 aliphatic carbocycles. The molecule has 2 aromatic carbocycles. The summed E-state index contributed by atoms with van der Waals surface area (Å²) in [6.45, 7) is 0. The summed E-state index contributed by atoms with van der Waals surface area (Å²) in [6, 6.07) is 15.1. The van der Waals surface area contributed by atoms with Crippen LogP contribution in [-0.2, 0) is 0 Å². The van der Waals surface area contributed by atoms with Gasteiger partial charge in [0.15, 0.2) is 11.6 Å². The Morgan fingerprint density at radius 2 is 1.69 bits per heavy atom. The Morgan fingerprint density at radius 3 is 2.38 bits per heavy atom. The first-order valence-electron chi connectivity index (χ1n) is 7.56. The van der Waals surface area contributed by atoms with Crippen LogP contribution in [0.3, 0.4) is 0 Å². The van der Waals surface area contributed by atoms with Gasteiger partial charge in [-0.05, 0) is 48.5 Å². The summed E-state index contributed by atoms with van der Waals surface area (Å²) in [7, 11) is 1.56. The number of hydrogen-bond donors (Lipinski definition) is 2. The van der Waals surface area contributed by atoms with Crippen LogP contribution in [0.4, 0.5) is 17.3 Å². The van der Waals surface area contributed by atoms with Gasteiger partial charge in [0.05, 0.1) is 12.8 Å². The van der Waals surface area contributed by atoms with Crippen molar-refractivity contribution >= 4 is 46.4 Å². The van der Waals surface area contributed by atoms with E-state index in [9.17, 15) is 4.79 Å². The SMILES string of the molecule is COc1ccc(Cl)cc1Nc1ccc(NC(=O)c2cccc(Cl)c2)nn1. The van der Waals surface area contributed by atoms with Crippen LogP contribution in [0.2, 0.25) is 10.0 Å². The lowest BCUT2D eigenvalue weighted by Crippen LogP contribution is -2.13. The highest BCUT2D eigenvalue weighted by atomic mass is 35.5. The van der Waals surface area contributed by atoms with E-state index in [0.717, 1.165) is 0 Å². The molecule has 0 saturated heterocycles. The zero-order valence-corrected chi connectivity index (χ0v) is 15.2. The van der Waals surface area contributed by atoms with Crippen molar-refractivity contribution in [2.75, 3.05) is 17.7 Å². The smallest absolute Gasteiger partial charge is 0.256 e. The van der Waals surface area contributed by atoms with E-state index >= 15 is 0 Å². The van der Waals surface area contributed by atoms with E-state index in [1.807, 2.05) is 0 Å². The van der Waals surface area contributed by atoms with Crippen LogP contribution >= 0.6 is 23.2 Å². The number of carbonyl (C=O) groups excluding carboxylic acids is 1. The van der Waals surface area contributed by atoms with Gasteiger partial charge in [0, 0.05) is 15.6 Å². The lowest BCUT2D eigenvalue weighted by molar-refractivity contribution is 0.102. The van der Waals surface area contributed by atoms with Crippen molar-refractivity contribution < 1.29 is 9.53 Å². The molecule has 26 heavy (non-hydrogen) atoms. The molecule has 0 bridgehead atoms. The highest BCUT2D eigenvalue weighted by molar-refractivity contribution is 6.31. The van der Waals surface area contributed by atoms with Crippen molar-refractivity contribution in [2.45, 2.75) is 0 Å². The third kappa shape index (κ3) is 4.41. The summed E-state index contributed by atoms with van der Waals surface area (Å²) >= 11 is 11.9. The van der Waals surface area contributed by atoms with Gasteiger partial charge in [0.25, 0.3) is 5.91 Å². The maximum absolute atomic E-state index is 12.2. The number of halogens is 2. The van der Waals surface area contributed by atoms with E-state index < -0.39 is 0 Å². The van der Waals surface area contributed by atoms with E-state index in [1.54, 1.807) is 61.7 Å². The van der Waals surface area contributed by atoms with Crippen LogP contribution in [0.15, 0.2) is 54.6 Å². The Morgan fingerprint density at radius 1 is 0.962 bits per heavy atom. The first-order valence-corrected chi connectivity index (χ1v) is 8.32. The molecule has 3 rings (SSSR count). The van der Waals surface area contributed by atoms with Gasteiger partial charge in [-0.25, -0.2) is 0 Å². The molecule has 3 aromatic rings. The minimum absolute atomic E-state index is 0.318. The Kier molecular flexibility index (Phi) is 5.55. The first kappa shape index (κ1) is 18.0. The van der Waals surface area contributed by atoms with Gasteiger partial charge in [-0.15, -0.1) is 10.2 Å². The number of carbonyl (C=O) groups is 1. The van der Waals surface area contributed by atoms with Crippen LogP contribution < -0.4 is 15.4 Å². The van der Waals surface area contributed by atoms with Crippen LogP contribution in [0.1, 0.15) is 10.4 Å². The van der Waals surface area contributed by atoms with Gasteiger partial charge in [-0.1, -0.05) is 29.3 Å². The van der Waals surface area contributed by atoms with Gasteiger partial charge < -0.3 is 15.4 Å². The maximum Gasteiger partial charge on any atom is 0.256 e. The molecule has 1 aromatic heterocycles. The molecule has 0 atom stereocenters. The molecule has 0 fully saturated rings. The third-order valence-corrected chi connectivity index (χ3v) is 3.89. The summed E-state index contributed by atoms with van der Waals surface area (Å²) in [5.41, 5.74) is 1.09. The summed E-state index contributed by atoms with van der Waals surface area (Å²) in [5.74, 6) is 1.10. The highest BCUT2D eigenvalue weighted by Gasteiger charge is 2.09. The number of ether oxygens (including phenoxy) is 1. The molecule has 1 heterocycles. The quantitative estimate of drug-likeness (QED) is 0.656. The number of benzene rings is 2. The molecular formula is C18H14Cl2N4O2. The molecule has 0 radical (unpaired) electrons. The van der Waals surface area contributed by atoms with Crippen LogP contribution in [0.5, 0.6) is 5.75 Å². The second-order valence-corrected chi connectivity index (χ2v) is 6.11. The second-order valence-electron chi connectivity index (χ2n) is 5.24. The number of nitrogens with one attached hydrogen (secondary N) is 2.